The van der Waals surface area contributed by atoms with Gasteiger partial charge in [-0.2, -0.15) is 0 Å². The molecule has 0 spiro atoms. The van der Waals surface area contributed by atoms with Crippen molar-refractivity contribution in [1.82, 2.24) is 15.1 Å². The van der Waals surface area contributed by atoms with Crippen LogP contribution in [0.5, 0.6) is 0 Å². The van der Waals surface area contributed by atoms with E-state index in [9.17, 15) is 0 Å². The van der Waals surface area contributed by atoms with Crippen LogP contribution in [-0.2, 0) is 4.74 Å². The van der Waals surface area contributed by atoms with E-state index in [0.29, 0.717) is 0 Å². The Balaban J connectivity index is 1.46. The Bertz CT molecular complexity index is 201. The summed E-state index contributed by atoms with van der Waals surface area (Å²) < 4.78 is 5.37. The molecular formula is C13H27N3O. The minimum absolute atomic E-state index is 0.847. The number of piperazine rings is 1. The van der Waals surface area contributed by atoms with Gasteiger partial charge in [0, 0.05) is 52.4 Å². The number of nitrogens with one attached hydrogen (secondary N) is 1. The van der Waals surface area contributed by atoms with Gasteiger partial charge in [0.25, 0.3) is 0 Å². The van der Waals surface area contributed by atoms with Gasteiger partial charge in [-0.05, 0) is 25.8 Å². The largest absolute Gasteiger partial charge is 0.380 e. The summed E-state index contributed by atoms with van der Waals surface area (Å²) in [5.74, 6) is 0.937. The average Bonchev–Trinajstić information content (AvgIpc) is 2.32. The molecule has 0 aromatic heterocycles. The van der Waals surface area contributed by atoms with Crippen molar-refractivity contribution in [3.63, 3.8) is 0 Å². The van der Waals surface area contributed by atoms with Crippen molar-refractivity contribution in [3.8, 4) is 0 Å². The molecular weight excluding hydrogens is 214 g/mol. The number of ether oxygens (including phenoxy) is 1. The van der Waals surface area contributed by atoms with Crippen molar-refractivity contribution in [2.75, 3.05) is 65.6 Å². The van der Waals surface area contributed by atoms with Gasteiger partial charge in [-0.15, -0.1) is 0 Å². The summed E-state index contributed by atoms with van der Waals surface area (Å²) in [5, 5.41) is 3.40. The molecule has 0 amide bonds. The lowest BCUT2D eigenvalue weighted by atomic mass is 9.96. The summed E-state index contributed by atoms with van der Waals surface area (Å²) in [6.07, 6.45) is 1.38. The Morgan fingerprint density at radius 1 is 1.12 bits per heavy atom. The van der Waals surface area contributed by atoms with Crippen molar-refractivity contribution >= 4 is 0 Å². The Kier molecular flexibility index (Phi) is 5.71. The Morgan fingerprint density at radius 2 is 1.88 bits per heavy atom. The lowest BCUT2D eigenvalue weighted by molar-refractivity contribution is 0.0439. The second-order valence-corrected chi connectivity index (χ2v) is 5.20. The first-order valence-corrected chi connectivity index (χ1v) is 7.11. The van der Waals surface area contributed by atoms with Gasteiger partial charge in [0.1, 0.15) is 0 Å². The molecule has 0 saturated carbocycles. The molecule has 0 bridgehead atoms. The molecule has 2 saturated heterocycles. The number of likely N-dealkylation sites (tertiary alicyclic amines) is 1. The van der Waals surface area contributed by atoms with Crippen molar-refractivity contribution in [1.29, 1.82) is 0 Å². The van der Waals surface area contributed by atoms with Crippen LogP contribution in [-0.4, -0.2) is 75.4 Å². The van der Waals surface area contributed by atoms with Crippen LogP contribution >= 0.6 is 0 Å². The zero-order valence-electron chi connectivity index (χ0n) is 11.2. The van der Waals surface area contributed by atoms with Gasteiger partial charge < -0.3 is 19.9 Å². The van der Waals surface area contributed by atoms with Gasteiger partial charge in [0.2, 0.25) is 0 Å². The highest BCUT2D eigenvalue weighted by atomic mass is 16.5. The maximum absolute atomic E-state index is 5.37. The molecule has 2 fully saturated rings. The predicted molar refractivity (Wildman–Crippen MR) is 70.3 cm³/mol. The van der Waals surface area contributed by atoms with E-state index in [1.165, 1.54) is 52.2 Å². The normalized spacial score (nSPS) is 23.8. The van der Waals surface area contributed by atoms with Crippen LogP contribution in [0.15, 0.2) is 0 Å². The summed E-state index contributed by atoms with van der Waals surface area (Å²) in [7, 11) is 0. The number of hydrogen-bond acceptors (Lipinski definition) is 4. The lowest BCUT2D eigenvalue weighted by Crippen LogP contribution is -2.50. The summed E-state index contributed by atoms with van der Waals surface area (Å²) in [6, 6.07) is 0. The highest BCUT2D eigenvalue weighted by Gasteiger charge is 2.26. The molecule has 0 aromatic rings. The molecule has 0 aliphatic carbocycles. The first-order chi connectivity index (χ1) is 8.38. The maximum atomic E-state index is 5.37. The van der Waals surface area contributed by atoms with E-state index in [0.717, 1.165) is 25.7 Å². The van der Waals surface area contributed by atoms with E-state index in [1.807, 2.05) is 0 Å². The van der Waals surface area contributed by atoms with Crippen LogP contribution in [0.4, 0.5) is 0 Å². The van der Waals surface area contributed by atoms with Crippen LogP contribution in [0, 0.1) is 5.92 Å². The summed E-state index contributed by atoms with van der Waals surface area (Å²) in [6.45, 7) is 13.6. The predicted octanol–water partition coefficient (Wildman–Crippen LogP) is 0.250. The van der Waals surface area contributed by atoms with Gasteiger partial charge in [0.05, 0.1) is 6.61 Å². The second kappa shape index (κ2) is 7.31. The van der Waals surface area contributed by atoms with E-state index >= 15 is 0 Å². The summed E-state index contributed by atoms with van der Waals surface area (Å²) >= 11 is 0. The minimum Gasteiger partial charge on any atom is -0.380 e. The highest BCUT2D eigenvalue weighted by Crippen LogP contribution is 2.18. The zero-order valence-corrected chi connectivity index (χ0v) is 11.2. The Morgan fingerprint density at radius 3 is 2.59 bits per heavy atom. The molecule has 4 nitrogen and oxygen atoms in total. The third-order valence-corrected chi connectivity index (χ3v) is 3.85. The molecule has 2 aliphatic heterocycles. The van der Waals surface area contributed by atoms with Crippen LogP contribution < -0.4 is 5.32 Å². The zero-order chi connectivity index (χ0) is 11.9. The third-order valence-electron chi connectivity index (χ3n) is 3.85. The van der Waals surface area contributed by atoms with Crippen molar-refractivity contribution in [2.45, 2.75) is 13.3 Å². The van der Waals surface area contributed by atoms with Crippen molar-refractivity contribution in [3.05, 3.63) is 0 Å². The van der Waals surface area contributed by atoms with Gasteiger partial charge in [-0.25, -0.2) is 0 Å². The van der Waals surface area contributed by atoms with Crippen LogP contribution in [0.25, 0.3) is 0 Å². The van der Waals surface area contributed by atoms with E-state index < -0.39 is 0 Å². The topological polar surface area (TPSA) is 27.7 Å². The van der Waals surface area contributed by atoms with E-state index in [-0.39, 0.29) is 0 Å². The van der Waals surface area contributed by atoms with Crippen LogP contribution in [0.3, 0.4) is 0 Å². The standard InChI is InChI=1S/C13H27N3O/c1-2-17-10-9-16-11-13(12-16)3-6-15-7-4-14-5-8-15/h13-14H,2-12H2,1H3. The SMILES string of the molecule is CCOCCN1CC(CCN2CCNCC2)C1. The fourth-order valence-electron chi connectivity index (χ4n) is 2.68. The van der Waals surface area contributed by atoms with Gasteiger partial charge >= 0.3 is 0 Å². The highest BCUT2D eigenvalue weighted by molar-refractivity contribution is 4.81. The maximum Gasteiger partial charge on any atom is 0.0593 e. The molecule has 17 heavy (non-hydrogen) atoms. The minimum atomic E-state index is 0.847. The van der Waals surface area contributed by atoms with E-state index in [1.54, 1.807) is 0 Å². The molecule has 1 N–H and O–H groups in total. The molecule has 100 valence electrons. The van der Waals surface area contributed by atoms with E-state index in [2.05, 4.69) is 22.0 Å². The molecule has 0 atom stereocenters. The molecule has 0 aromatic carbocycles. The fraction of sp³-hybridized carbons (Fsp3) is 1.00. The smallest absolute Gasteiger partial charge is 0.0593 e. The molecule has 2 aliphatic rings. The molecule has 0 unspecified atom stereocenters. The number of nitrogens with zero attached hydrogens (tertiary/aromatic N) is 2. The molecule has 2 heterocycles. The Labute approximate surface area is 105 Å². The molecule has 2 rings (SSSR count). The first kappa shape index (κ1) is 13.3. The summed E-state index contributed by atoms with van der Waals surface area (Å²) in [4.78, 5) is 5.11. The van der Waals surface area contributed by atoms with Gasteiger partial charge in [-0.1, -0.05) is 0 Å². The second-order valence-electron chi connectivity index (χ2n) is 5.20. The van der Waals surface area contributed by atoms with Crippen molar-refractivity contribution < 1.29 is 4.74 Å². The van der Waals surface area contributed by atoms with Crippen LogP contribution in [0.1, 0.15) is 13.3 Å². The average molecular weight is 241 g/mol. The third kappa shape index (κ3) is 4.54. The van der Waals surface area contributed by atoms with Gasteiger partial charge in [0.15, 0.2) is 0 Å². The molecule has 0 radical (unpaired) electrons. The lowest BCUT2D eigenvalue weighted by Gasteiger charge is -2.40. The number of hydrogen-bond donors (Lipinski definition) is 1. The van der Waals surface area contributed by atoms with E-state index in [4.69, 9.17) is 4.74 Å². The van der Waals surface area contributed by atoms with Crippen LogP contribution in [0.2, 0.25) is 0 Å². The first-order valence-electron chi connectivity index (χ1n) is 7.11. The quantitative estimate of drug-likeness (QED) is 0.647. The number of rotatable bonds is 7. The Hall–Kier alpha value is -0.160. The monoisotopic (exact) mass is 241 g/mol. The fourth-order valence-corrected chi connectivity index (χ4v) is 2.68. The molecule has 4 heteroatoms. The van der Waals surface area contributed by atoms with Gasteiger partial charge in [-0.3, -0.25) is 0 Å². The van der Waals surface area contributed by atoms with Crippen molar-refractivity contribution in [2.24, 2.45) is 5.92 Å². The summed E-state index contributed by atoms with van der Waals surface area (Å²) in [5.41, 5.74) is 0.